The van der Waals surface area contributed by atoms with Crippen molar-refractivity contribution in [3.8, 4) is 0 Å². The van der Waals surface area contributed by atoms with Gasteiger partial charge in [-0.15, -0.1) is 0 Å². The van der Waals surface area contributed by atoms with Crippen LogP contribution in [0.15, 0.2) is 23.1 Å². The fourth-order valence-electron chi connectivity index (χ4n) is 2.37. The van der Waals surface area contributed by atoms with Crippen molar-refractivity contribution in [1.82, 2.24) is 10.0 Å². The van der Waals surface area contributed by atoms with Gasteiger partial charge in [-0.3, -0.25) is 10.1 Å². The molecule has 21 heavy (non-hydrogen) atoms. The monoisotopic (exact) mass is 315 g/mol. The second kappa shape index (κ2) is 6.06. The highest BCUT2D eigenvalue weighted by atomic mass is 32.2. The van der Waals surface area contributed by atoms with Gasteiger partial charge < -0.3 is 10.1 Å². The maximum Gasteiger partial charge on any atom is 0.273 e. The summed E-state index contributed by atoms with van der Waals surface area (Å²) in [7, 11) is -2.34. The molecule has 8 nitrogen and oxygen atoms in total. The third kappa shape index (κ3) is 3.21. The summed E-state index contributed by atoms with van der Waals surface area (Å²) in [5, 5.41) is 13.9. The van der Waals surface area contributed by atoms with Crippen LogP contribution in [0.4, 0.5) is 5.69 Å². The van der Waals surface area contributed by atoms with Gasteiger partial charge >= 0.3 is 0 Å². The highest BCUT2D eigenvalue weighted by Crippen LogP contribution is 2.25. The molecule has 2 N–H and O–H groups in total. The number of nitro benzene ring substituents is 1. The molecule has 0 saturated carbocycles. The Kier molecular flexibility index (Phi) is 4.57. The Morgan fingerprint density at radius 1 is 1.43 bits per heavy atom. The molecule has 1 heterocycles. The van der Waals surface area contributed by atoms with E-state index in [0.29, 0.717) is 13.1 Å². The molecular weight excluding hydrogens is 298 g/mol. The number of nitrogens with zero attached hydrogens (tertiary/aromatic N) is 1. The summed E-state index contributed by atoms with van der Waals surface area (Å²) >= 11 is 0. The summed E-state index contributed by atoms with van der Waals surface area (Å²) < 4.78 is 32.6. The second-order valence-corrected chi connectivity index (χ2v) is 6.50. The number of ether oxygens (including phenoxy) is 1. The summed E-state index contributed by atoms with van der Waals surface area (Å²) in [5.74, 6) is 0. The predicted molar refractivity (Wildman–Crippen MR) is 75.6 cm³/mol. The van der Waals surface area contributed by atoms with Crippen LogP contribution in [0.1, 0.15) is 5.56 Å². The van der Waals surface area contributed by atoms with E-state index >= 15 is 0 Å². The molecule has 0 spiro atoms. The standard InChI is InChI=1S/C12H17N3O5S/c1-8-10(15(16)17)4-3-5-12(8)21(18,19)14-9-6-13-7-11(9)20-2/h3-5,9,11,13-14H,6-7H2,1-2H3/t9?,11-/m0/s1. The minimum atomic E-state index is -3.85. The Labute approximate surface area is 122 Å². The molecule has 1 aliphatic rings. The van der Waals surface area contributed by atoms with E-state index in [1.165, 1.54) is 32.2 Å². The molecule has 116 valence electrons. The van der Waals surface area contributed by atoms with Crippen molar-refractivity contribution in [1.29, 1.82) is 0 Å². The van der Waals surface area contributed by atoms with E-state index < -0.39 is 21.0 Å². The molecule has 0 bridgehead atoms. The van der Waals surface area contributed by atoms with Gasteiger partial charge in [-0.05, 0) is 13.0 Å². The first-order valence-electron chi connectivity index (χ1n) is 6.36. The number of hydrogen-bond donors (Lipinski definition) is 2. The zero-order chi connectivity index (χ0) is 15.6. The van der Waals surface area contributed by atoms with Gasteiger partial charge in [0, 0.05) is 31.8 Å². The first-order valence-corrected chi connectivity index (χ1v) is 7.85. The van der Waals surface area contributed by atoms with Crippen LogP contribution in [-0.4, -0.2) is 45.7 Å². The van der Waals surface area contributed by atoms with E-state index in [9.17, 15) is 18.5 Å². The first kappa shape index (κ1) is 15.8. The molecular formula is C12H17N3O5S. The summed E-state index contributed by atoms with van der Waals surface area (Å²) in [4.78, 5) is 10.2. The smallest absolute Gasteiger partial charge is 0.273 e. The highest BCUT2D eigenvalue weighted by molar-refractivity contribution is 7.89. The van der Waals surface area contributed by atoms with Crippen LogP contribution in [0.25, 0.3) is 0 Å². The Hall–Kier alpha value is -1.55. The minimum Gasteiger partial charge on any atom is -0.378 e. The number of nitro groups is 1. The molecule has 0 radical (unpaired) electrons. The van der Waals surface area contributed by atoms with Crippen molar-refractivity contribution < 1.29 is 18.1 Å². The summed E-state index contributed by atoms with van der Waals surface area (Å²) in [6, 6.07) is 3.59. The van der Waals surface area contributed by atoms with Gasteiger partial charge in [-0.25, -0.2) is 13.1 Å². The molecule has 1 saturated heterocycles. The Morgan fingerprint density at radius 2 is 2.14 bits per heavy atom. The zero-order valence-corrected chi connectivity index (χ0v) is 12.5. The van der Waals surface area contributed by atoms with Crippen LogP contribution in [0.2, 0.25) is 0 Å². The lowest BCUT2D eigenvalue weighted by Gasteiger charge is -2.19. The van der Waals surface area contributed by atoms with Crippen molar-refractivity contribution in [2.24, 2.45) is 0 Å². The first-order chi connectivity index (χ1) is 9.86. The number of sulfonamides is 1. The fourth-order valence-corrected chi connectivity index (χ4v) is 3.90. The number of methoxy groups -OCH3 is 1. The van der Waals surface area contributed by atoms with Crippen LogP contribution in [-0.2, 0) is 14.8 Å². The van der Waals surface area contributed by atoms with Crippen molar-refractivity contribution in [2.75, 3.05) is 20.2 Å². The Bertz CT molecular complexity index is 646. The number of hydrogen-bond acceptors (Lipinski definition) is 6. The average molecular weight is 315 g/mol. The molecule has 1 unspecified atom stereocenters. The molecule has 0 aromatic heterocycles. The maximum absolute atomic E-state index is 12.4. The topological polar surface area (TPSA) is 111 Å². The van der Waals surface area contributed by atoms with Crippen LogP contribution < -0.4 is 10.0 Å². The summed E-state index contributed by atoms with van der Waals surface area (Å²) in [5.41, 5.74) is -0.0966. The molecule has 2 atom stereocenters. The summed E-state index contributed by atoms with van der Waals surface area (Å²) in [6.45, 7) is 2.43. The zero-order valence-electron chi connectivity index (χ0n) is 11.7. The molecule has 2 rings (SSSR count). The fraction of sp³-hybridized carbons (Fsp3) is 0.500. The van der Waals surface area contributed by atoms with Gasteiger partial charge in [0.15, 0.2) is 0 Å². The quantitative estimate of drug-likeness (QED) is 0.592. The van der Waals surface area contributed by atoms with Crippen LogP contribution >= 0.6 is 0 Å². The van der Waals surface area contributed by atoms with E-state index in [4.69, 9.17) is 4.74 Å². The minimum absolute atomic E-state index is 0.0848. The highest BCUT2D eigenvalue weighted by Gasteiger charge is 2.32. The van der Waals surface area contributed by atoms with Crippen molar-refractivity contribution in [3.05, 3.63) is 33.9 Å². The third-order valence-corrected chi connectivity index (χ3v) is 5.14. The van der Waals surface area contributed by atoms with E-state index in [0.717, 1.165) is 0 Å². The molecule has 1 aromatic carbocycles. The van der Waals surface area contributed by atoms with E-state index in [-0.39, 0.29) is 22.3 Å². The lowest BCUT2D eigenvalue weighted by Crippen LogP contribution is -2.43. The number of rotatable bonds is 5. The molecule has 0 aliphatic carbocycles. The van der Waals surface area contributed by atoms with Gasteiger partial charge in [-0.2, -0.15) is 0 Å². The van der Waals surface area contributed by atoms with Crippen molar-refractivity contribution in [2.45, 2.75) is 24.0 Å². The Morgan fingerprint density at radius 3 is 2.76 bits per heavy atom. The van der Waals surface area contributed by atoms with Gasteiger partial charge in [0.1, 0.15) is 0 Å². The maximum atomic E-state index is 12.4. The van der Waals surface area contributed by atoms with Crippen LogP contribution in [0.5, 0.6) is 0 Å². The third-order valence-electron chi connectivity index (χ3n) is 3.51. The Balaban J connectivity index is 2.32. The molecule has 1 aromatic rings. The van der Waals surface area contributed by atoms with Gasteiger partial charge in [-0.1, -0.05) is 6.07 Å². The number of nitrogens with one attached hydrogen (secondary N) is 2. The van der Waals surface area contributed by atoms with Crippen LogP contribution in [0.3, 0.4) is 0 Å². The molecule has 1 aliphatic heterocycles. The van der Waals surface area contributed by atoms with E-state index in [2.05, 4.69) is 10.0 Å². The van der Waals surface area contributed by atoms with Crippen molar-refractivity contribution >= 4 is 15.7 Å². The second-order valence-electron chi connectivity index (χ2n) is 4.82. The largest absolute Gasteiger partial charge is 0.378 e. The normalized spacial score (nSPS) is 22.4. The lowest BCUT2D eigenvalue weighted by molar-refractivity contribution is -0.385. The van der Waals surface area contributed by atoms with Gasteiger partial charge in [0.2, 0.25) is 10.0 Å². The van der Waals surface area contributed by atoms with Gasteiger partial charge in [0.25, 0.3) is 5.69 Å². The molecule has 0 amide bonds. The van der Waals surface area contributed by atoms with Crippen molar-refractivity contribution in [3.63, 3.8) is 0 Å². The summed E-state index contributed by atoms with van der Waals surface area (Å²) in [6.07, 6.45) is -0.265. The number of benzene rings is 1. The lowest BCUT2D eigenvalue weighted by atomic mass is 10.2. The predicted octanol–water partition coefficient (Wildman–Crippen LogP) is 0.168. The van der Waals surface area contributed by atoms with E-state index in [1.807, 2.05) is 0 Å². The molecule has 1 fully saturated rings. The van der Waals surface area contributed by atoms with Gasteiger partial charge in [0.05, 0.1) is 22.0 Å². The van der Waals surface area contributed by atoms with E-state index in [1.54, 1.807) is 0 Å². The van der Waals surface area contributed by atoms with Crippen LogP contribution in [0, 0.1) is 17.0 Å². The SMILES string of the molecule is CO[C@H]1CNCC1NS(=O)(=O)c1cccc([N+](=O)[O-])c1C. The molecule has 9 heteroatoms. The average Bonchev–Trinajstić information content (AvgIpc) is 2.84.